The molecule has 56 heavy (non-hydrogen) atoms. The minimum absolute atomic E-state index is 0.948. The van der Waals surface area contributed by atoms with Crippen molar-refractivity contribution in [1.82, 2.24) is 0 Å². The first-order valence-electron chi connectivity index (χ1n) is 19.5. The highest BCUT2D eigenvalue weighted by atomic mass is 16.3. The van der Waals surface area contributed by atoms with Gasteiger partial charge in [0.25, 0.3) is 0 Å². The van der Waals surface area contributed by atoms with Gasteiger partial charge in [0.1, 0.15) is 11.0 Å². The number of hydrogen-bond acceptors (Lipinski definition) is 2. The SMILES string of the molecule is C1=c2oc3c(-c4cccc(N(c5ccc(-c6ccccc6)cc5)c5ccc(-c6ccc7ccc8c9ccccc9ccc8c7c6)cc5)c4)cccc3c2=CCC1. The second-order valence-corrected chi connectivity index (χ2v) is 14.8. The van der Waals surface area contributed by atoms with E-state index in [1.165, 1.54) is 65.2 Å². The number of nitrogens with zero attached hydrogens (tertiary/aromatic N) is 1. The zero-order valence-electron chi connectivity index (χ0n) is 30.8. The quantitative estimate of drug-likeness (QED) is 0.159. The van der Waals surface area contributed by atoms with Gasteiger partial charge in [0, 0.05) is 33.2 Å². The Morgan fingerprint density at radius 2 is 0.946 bits per heavy atom. The standard InChI is InChI=1S/C54H37NO/c1-2-10-36(11-3-1)37-22-28-43(29-23-37)55(45-14-8-13-42(34-45)47-17-9-18-51-50-16-6-7-19-53(50)56-54(47)51)44-30-24-38(25-31-44)41-21-20-40-27-32-48-46-15-5-4-12-39(46)26-33-49(48)52(40)35-41/h1-5,8-35H,6-7H2. The predicted octanol–water partition coefficient (Wildman–Crippen LogP) is 13.7. The van der Waals surface area contributed by atoms with Crippen molar-refractivity contribution in [3.05, 3.63) is 199 Å². The van der Waals surface area contributed by atoms with Crippen molar-refractivity contribution >= 4 is 72.5 Å². The first-order valence-corrected chi connectivity index (χ1v) is 19.5. The third-order valence-corrected chi connectivity index (χ3v) is 11.5. The molecule has 0 bridgehead atoms. The summed E-state index contributed by atoms with van der Waals surface area (Å²) in [7, 11) is 0. The Morgan fingerprint density at radius 3 is 1.75 bits per heavy atom. The van der Waals surface area contributed by atoms with E-state index in [1.54, 1.807) is 0 Å². The maximum Gasteiger partial charge on any atom is 0.143 e. The molecule has 10 aromatic rings. The smallest absolute Gasteiger partial charge is 0.143 e. The third-order valence-electron chi connectivity index (χ3n) is 11.5. The molecule has 0 fully saturated rings. The van der Waals surface area contributed by atoms with Crippen LogP contribution in [0.15, 0.2) is 192 Å². The third kappa shape index (κ3) is 5.49. The molecule has 0 aliphatic heterocycles. The van der Waals surface area contributed by atoms with Crippen molar-refractivity contribution in [2.75, 3.05) is 4.90 Å². The van der Waals surface area contributed by atoms with E-state index in [0.717, 1.165) is 52.0 Å². The van der Waals surface area contributed by atoms with Crippen LogP contribution in [-0.2, 0) is 0 Å². The van der Waals surface area contributed by atoms with E-state index in [4.69, 9.17) is 4.42 Å². The van der Waals surface area contributed by atoms with Crippen LogP contribution in [0.2, 0.25) is 0 Å². The second-order valence-electron chi connectivity index (χ2n) is 14.8. The molecule has 0 N–H and O–H groups in total. The van der Waals surface area contributed by atoms with E-state index in [0.29, 0.717) is 0 Å². The van der Waals surface area contributed by atoms with Crippen LogP contribution in [0, 0.1) is 0 Å². The highest BCUT2D eigenvalue weighted by Gasteiger charge is 2.17. The molecule has 0 spiro atoms. The highest BCUT2D eigenvalue weighted by Crippen LogP contribution is 2.40. The topological polar surface area (TPSA) is 16.4 Å². The zero-order valence-corrected chi connectivity index (χ0v) is 30.8. The summed E-state index contributed by atoms with van der Waals surface area (Å²) in [6.45, 7) is 0. The molecule has 2 nitrogen and oxygen atoms in total. The average molecular weight is 716 g/mol. The Balaban J connectivity index is 1.01. The fourth-order valence-electron chi connectivity index (χ4n) is 8.68. The van der Waals surface area contributed by atoms with Crippen molar-refractivity contribution < 1.29 is 4.42 Å². The molecular formula is C54H37NO. The minimum Gasteiger partial charge on any atom is -0.456 e. The van der Waals surface area contributed by atoms with Gasteiger partial charge in [-0.3, -0.25) is 0 Å². The van der Waals surface area contributed by atoms with Crippen LogP contribution < -0.4 is 15.5 Å². The average Bonchev–Trinajstić information content (AvgIpc) is 3.66. The van der Waals surface area contributed by atoms with E-state index >= 15 is 0 Å². The number of fused-ring (bicyclic) bond motifs is 8. The van der Waals surface area contributed by atoms with E-state index in [9.17, 15) is 0 Å². The van der Waals surface area contributed by atoms with Crippen LogP contribution in [-0.4, -0.2) is 0 Å². The Kier molecular flexibility index (Phi) is 7.67. The number of furan rings is 1. The lowest BCUT2D eigenvalue weighted by atomic mass is 9.94. The van der Waals surface area contributed by atoms with Gasteiger partial charge in [-0.1, -0.05) is 152 Å². The van der Waals surface area contributed by atoms with Crippen LogP contribution in [0.1, 0.15) is 12.8 Å². The maximum absolute atomic E-state index is 6.52. The Hall–Kier alpha value is -7.16. The van der Waals surface area contributed by atoms with Gasteiger partial charge in [-0.05, 0) is 122 Å². The lowest BCUT2D eigenvalue weighted by Crippen LogP contribution is -2.21. The molecule has 0 radical (unpaired) electrons. The van der Waals surface area contributed by atoms with Gasteiger partial charge in [-0.25, -0.2) is 0 Å². The first-order chi connectivity index (χ1) is 27.7. The molecule has 1 aromatic heterocycles. The number of rotatable bonds is 6. The summed E-state index contributed by atoms with van der Waals surface area (Å²) in [6.07, 6.45) is 6.60. The molecule has 11 rings (SSSR count). The van der Waals surface area contributed by atoms with Crippen molar-refractivity contribution in [1.29, 1.82) is 0 Å². The summed E-state index contributed by atoms with van der Waals surface area (Å²) in [6, 6.07) is 68.4. The Bertz CT molecular complexity index is 3230. The van der Waals surface area contributed by atoms with Gasteiger partial charge < -0.3 is 9.32 Å². The molecular weight excluding hydrogens is 679 g/mol. The number of benzene rings is 9. The zero-order chi connectivity index (χ0) is 37.0. The van der Waals surface area contributed by atoms with Gasteiger partial charge in [-0.15, -0.1) is 0 Å². The molecule has 1 aliphatic rings. The second kappa shape index (κ2) is 13.3. The van der Waals surface area contributed by atoms with Crippen molar-refractivity contribution in [3.63, 3.8) is 0 Å². The number of para-hydroxylation sites is 1. The monoisotopic (exact) mass is 715 g/mol. The minimum atomic E-state index is 0.948. The molecule has 1 heterocycles. The fraction of sp³-hybridized carbons (Fsp3) is 0.0370. The van der Waals surface area contributed by atoms with Gasteiger partial charge in [-0.2, -0.15) is 0 Å². The molecule has 264 valence electrons. The largest absolute Gasteiger partial charge is 0.456 e. The van der Waals surface area contributed by atoms with Crippen LogP contribution in [0.25, 0.3) is 88.8 Å². The van der Waals surface area contributed by atoms with Crippen molar-refractivity contribution in [2.24, 2.45) is 0 Å². The van der Waals surface area contributed by atoms with Gasteiger partial charge in [0.05, 0.1) is 0 Å². The van der Waals surface area contributed by atoms with Crippen molar-refractivity contribution in [3.8, 4) is 33.4 Å². The summed E-state index contributed by atoms with van der Waals surface area (Å²) < 4.78 is 6.52. The summed E-state index contributed by atoms with van der Waals surface area (Å²) in [5.74, 6) is 0. The Morgan fingerprint density at radius 1 is 0.357 bits per heavy atom. The molecule has 0 atom stereocenters. The van der Waals surface area contributed by atoms with Crippen molar-refractivity contribution in [2.45, 2.75) is 12.8 Å². The van der Waals surface area contributed by atoms with Gasteiger partial charge >= 0.3 is 0 Å². The van der Waals surface area contributed by atoms with Crippen LogP contribution >= 0.6 is 0 Å². The number of hydrogen-bond donors (Lipinski definition) is 0. The maximum atomic E-state index is 6.52. The summed E-state index contributed by atoms with van der Waals surface area (Å²) in [5.41, 5.74) is 12.2. The molecule has 0 saturated carbocycles. The van der Waals surface area contributed by atoms with Crippen LogP contribution in [0.4, 0.5) is 17.1 Å². The van der Waals surface area contributed by atoms with Gasteiger partial charge in [0.15, 0.2) is 0 Å². The van der Waals surface area contributed by atoms with Gasteiger partial charge in [0.2, 0.25) is 0 Å². The van der Waals surface area contributed by atoms with E-state index in [2.05, 4.69) is 205 Å². The molecule has 0 saturated heterocycles. The van der Waals surface area contributed by atoms with Crippen LogP contribution in [0.3, 0.4) is 0 Å². The molecule has 1 aliphatic carbocycles. The molecule has 9 aromatic carbocycles. The highest BCUT2D eigenvalue weighted by molar-refractivity contribution is 6.17. The summed E-state index contributed by atoms with van der Waals surface area (Å²) in [4.78, 5) is 2.36. The van der Waals surface area contributed by atoms with Crippen LogP contribution in [0.5, 0.6) is 0 Å². The summed E-state index contributed by atoms with van der Waals surface area (Å²) >= 11 is 0. The Labute approximate surface area is 325 Å². The molecule has 0 amide bonds. The van der Waals surface area contributed by atoms with E-state index in [-0.39, 0.29) is 0 Å². The fourth-order valence-corrected chi connectivity index (χ4v) is 8.68. The molecule has 0 unspecified atom stereocenters. The first kappa shape index (κ1) is 32.3. The summed E-state index contributed by atoms with van der Waals surface area (Å²) in [5, 5.41) is 10.1. The van der Waals surface area contributed by atoms with E-state index in [1.807, 2.05) is 0 Å². The molecule has 2 heteroatoms. The van der Waals surface area contributed by atoms with E-state index < -0.39 is 0 Å². The normalized spacial score (nSPS) is 12.4. The lowest BCUT2D eigenvalue weighted by molar-refractivity contribution is 0.572. The predicted molar refractivity (Wildman–Crippen MR) is 237 cm³/mol. The number of anilines is 3. The lowest BCUT2D eigenvalue weighted by Gasteiger charge is -2.26.